The molecular weight excluding hydrogens is 152 g/mol. The standard InChI is InChI=1S/C8H10N4/c1-2-10-12(4-1)7-6-11-5-3-9-8-11/h1-5,8H,6-7H2. The Balaban J connectivity index is 1.91. The maximum Gasteiger partial charge on any atom is 0.0946 e. The van der Waals surface area contributed by atoms with Crippen LogP contribution in [0.3, 0.4) is 0 Å². The van der Waals surface area contributed by atoms with E-state index in [4.69, 9.17) is 0 Å². The molecule has 2 heterocycles. The molecule has 4 heteroatoms. The summed E-state index contributed by atoms with van der Waals surface area (Å²) in [5.74, 6) is 0. The lowest BCUT2D eigenvalue weighted by molar-refractivity contribution is 0.533. The first-order valence-corrected chi connectivity index (χ1v) is 3.88. The van der Waals surface area contributed by atoms with E-state index in [9.17, 15) is 0 Å². The summed E-state index contributed by atoms with van der Waals surface area (Å²) in [5, 5.41) is 4.10. The van der Waals surface area contributed by atoms with Gasteiger partial charge in [0, 0.05) is 31.3 Å². The highest BCUT2D eigenvalue weighted by atomic mass is 15.3. The van der Waals surface area contributed by atoms with Gasteiger partial charge in [0.05, 0.1) is 12.9 Å². The molecule has 2 rings (SSSR count). The Morgan fingerprint density at radius 1 is 1.08 bits per heavy atom. The van der Waals surface area contributed by atoms with Crippen molar-refractivity contribution in [2.75, 3.05) is 0 Å². The fraction of sp³-hybridized carbons (Fsp3) is 0.250. The molecule has 0 fully saturated rings. The zero-order chi connectivity index (χ0) is 8.23. The fourth-order valence-electron chi connectivity index (χ4n) is 1.07. The Labute approximate surface area is 70.5 Å². The van der Waals surface area contributed by atoms with Crippen LogP contribution in [0.4, 0.5) is 0 Å². The summed E-state index contributed by atoms with van der Waals surface area (Å²) in [5.41, 5.74) is 0. The highest BCUT2D eigenvalue weighted by Crippen LogP contribution is 1.89. The molecule has 0 aliphatic heterocycles. The van der Waals surface area contributed by atoms with E-state index in [2.05, 4.69) is 10.1 Å². The molecule has 0 unspecified atom stereocenters. The first kappa shape index (κ1) is 7.09. The van der Waals surface area contributed by atoms with Gasteiger partial charge < -0.3 is 4.57 Å². The predicted octanol–water partition coefficient (Wildman–Crippen LogP) is 0.780. The van der Waals surface area contributed by atoms with Crippen LogP contribution >= 0.6 is 0 Å². The Bertz CT molecular complexity index is 274. The van der Waals surface area contributed by atoms with E-state index in [-0.39, 0.29) is 0 Å². The van der Waals surface area contributed by atoms with Gasteiger partial charge in [-0.25, -0.2) is 4.98 Å². The molecular formula is C8H10N4. The zero-order valence-electron chi connectivity index (χ0n) is 6.67. The molecule has 62 valence electrons. The van der Waals surface area contributed by atoms with Crippen molar-refractivity contribution in [1.29, 1.82) is 0 Å². The third-order valence-electron chi connectivity index (χ3n) is 1.71. The Hall–Kier alpha value is -1.58. The van der Waals surface area contributed by atoms with Crippen LogP contribution in [-0.4, -0.2) is 19.3 Å². The molecule has 0 atom stereocenters. The first-order chi connectivity index (χ1) is 5.95. The minimum absolute atomic E-state index is 0.892. The topological polar surface area (TPSA) is 35.6 Å². The summed E-state index contributed by atoms with van der Waals surface area (Å²) >= 11 is 0. The zero-order valence-corrected chi connectivity index (χ0v) is 6.67. The normalized spacial score (nSPS) is 10.3. The predicted molar refractivity (Wildman–Crippen MR) is 44.5 cm³/mol. The number of hydrogen-bond acceptors (Lipinski definition) is 2. The van der Waals surface area contributed by atoms with Crippen LogP contribution in [0.25, 0.3) is 0 Å². The van der Waals surface area contributed by atoms with Crippen molar-refractivity contribution < 1.29 is 0 Å². The quantitative estimate of drug-likeness (QED) is 0.668. The lowest BCUT2D eigenvalue weighted by Crippen LogP contribution is -2.05. The van der Waals surface area contributed by atoms with Gasteiger partial charge in [0.1, 0.15) is 0 Å². The van der Waals surface area contributed by atoms with Gasteiger partial charge in [-0.2, -0.15) is 5.10 Å². The second kappa shape index (κ2) is 3.21. The molecule has 0 N–H and O–H groups in total. The molecule has 0 radical (unpaired) electrons. The minimum Gasteiger partial charge on any atom is -0.336 e. The van der Waals surface area contributed by atoms with E-state index in [0.29, 0.717) is 0 Å². The number of hydrogen-bond donors (Lipinski definition) is 0. The van der Waals surface area contributed by atoms with Gasteiger partial charge in [-0.15, -0.1) is 0 Å². The molecule has 0 bridgehead atoms. The first-order valence-electron chi connectivity index (χ1n) is 3.88. The van der Waals surface area contributed by atoms with Crippen LogP contribution in [0.15, 0.2) is 37.2 Å². The van der Waals surface area contributed by atoms with E-state index in [1.54, 1.807) is 12.4 Å². The lowest BCUT2D eigenvalue weighted by atomic mass is 10.6. The Morgan fingerprint density at radius 2 is 2.08 bits per heavy atom. The van der Waals surface area contributed by atoms with Gasteiger partial charge in [-0.3, -0.25) is 4.68 Å². The van der Waals surface area contributed by atoms with Crippen LogP contribution in [0.1, 0.15) is 0 Å². The molecule has 2 aromatic rings. The van der Waals surface area contributed by atoms with Crippen LogP contribution in [-0.2, 0) is 13.1 Å². The van der Waals surface area contributed by atoms with E-state index in [0.717, 1.165) is 13.1 Å². The second-order valence-corrected chi connectivity index (χ2v) is 2.57. The van der Waals surface area contributed by atoms with Crippen LogP contribution < -0.4 is 0 Å². The highest BCUT2D eigenvalue weighted by molar-refractivity contribution is 4.78. The summed E-state index contributed by atoms with van der Waals surface area (Å²) in [7, 11) is 0. The Morgan fingerprint density at radius 3 is 2.75 bits per heavy atom. The SMILES string of the molecule is c1cnn(CCn2ccnc2)c1. The maximum absolute atomic E-state index is 4.10. The summed E-state index contributed by atoms with van der Waals surface area (Å²) < 4.78 is 3.93. The molecule has 0 saturated heterocycles. The van der Waals surface area contributed by atoms with Gasteiger partial charge in [-0.05, 0) is 6.07 Å². The summed E-state index contributed by atoms with van der Waals surface area (Å²) in [6.45, 7) is 1.81. The molecule has 0 aromatic carbocycles. The molecule has 0 saturated carbocycles. The molecule has 0 spiro atoms. The second-order valence-electron chi connectivity index (χ2n) is 2.57. The number of nitrogens with zero attached hydrogens (tertiary/aromatic N) is 4. The molecule has 0 aliphatic carbocycles. The summed E-state index contributed by atoms with van der Waals surface area (Å²) in [6, 6.07) is 1.92. The average Bonchev–Trinajstić information content (AvgIpc) is 2.74. The molecule has 4 nitrogen and oxygen atoms in total. The lowest BCUT2D eigenvalue weighted by Gasteiger charge is -2.01. The number of aromatic nitrogens is 4. The monoisotopic (exact) mass is 162 g/mol. The van der Waals surface area contributed by atoms with Crippen LogP contribution in [0.2, 0.25) is 0 Å². The van der Waals surface area contributed by atoms with Crippen molar-refractivity contribution >= 4 is 0 Å². The number of imidazole rings is 1. The minimum atomic E-state index is 0.892. The average molecular weight is 162 g/mol. The van der Waals surface area contributed by atoms with Gasteiger partial charge >= 0.3 is 0 Å². The van der Waals surface area contributed by atoms with Gasteiger partial charge in [-0.1, -0.05) is 0 Å². The van der Waals surface area contributed by atoms with Crippen molar-refractivity contribution in [2.45, 2.75) is 13.1 Å². The maximum atomic E-state index is 4.10. The van der Waals surface area contributed by atoms with E-state index < -0.39 is 0 Å². The van der Waals surface area contributed by atoms with Gasteiger partial charge in [0.2, 0.25) is 0 Å². The molecule has 0 amide bonds. The third-order valence-corrected chi connectivity index (χ3v) is 1.71. The number of rotatable bonds is 3. The smallest absolute Gasteiger partial charge is 0.0946 e. The molecule has 12 heavy (non-hydrogen) atoms. The highest BCUT2D eigenvalue weighted by Gasteiger charge is 1.90. The van der Waals surface area contributed by atoms with E-state index in [1.807, 2.05) is 34.0 Å². The number of aryl methyl sites for hydroxylation is 2. The van der Waals surface area contributed by atoms with Gasteiger partial charge in [0.15, 0.2) is 0 Å². The third kappa shape index (κ3) is 1.53. The van der Waals surface area contributed by atoms with Crippen molar-refractivity contribution in [3.05, 3.63) is 37.2 Å². The molecule has 2 aromatic heterocycles. The van der Waals surface area contributed by atoms with Gasteiger partial charge in [0.25, 0.3) is 0 Å². The van der Waals surface area contributed by atoms with Crippen molar-refractivity contribution in [3.8, 4) is 0 Å². The largest absolute Gasteiger partial charge is 0.336 e. The van der Waals surface area contributed by atoms with Crippen LogP contribution in [0, 0.1) is 0 Å². The van der Waals surface area contributed by atoms with Crippen molar-refractivity contribution in [3.63, 3.8) is 0 Å². The van der Waals surface area contributed by atoms with E-state index >= 15 is 0 Å². The molecule has 0 aliphatic rings. The van der Waals surface area contributed by atoms with E-state index in [1.165, 1.54) is 0 Å². The fourth-order valence-corrected chi connectivity index (χ4v) is 1.07. The summed E-state index contributed by atoms with van der Waals surface area (Å²) in [4.78, 5) is 3.96. The van der Waals surface area contributed by atoms with Crippen molar-refractivity contribution in [1.82, 2.24) is 19.3 Å². The summed E-state index contributed by atoms with van der Waals surface area (Å²) in [6.07, 6.45) is 9.28. The Kier molecular flexibility index (Phi) is 1.90. The van der Waals surface area contributed by atoms with Crippen LogP contribution in [0.5, 0.6) is 0 Å². The van der Waals surface area contributed by atoms with Crippen molar-refractivity contribution in [2.24, 2.45) is 0 Å².